The summed E-state index contributed by atoms with van der Waals surface area (Å²) < 4.78 is 0. The Balaban J connectivity index is 1.54. The molecule has 9 heteroatoms. The summed E-state index contributed by atoms with van der Waals surface area (Å²) in [5, 5.41) is 3.85. The molecule has 0 saturated carbocycles. The highest BCUT2D eigenvalue weighted by Crippen LogP contribution is 2.22. The lowest BCUT2D eigenvalue weighted by Gasteiger charge is -2.18. The Kier molecular flexibility index (Phi) is 6.51. The Morgan fingerprint density at radius 3 is 2.69 bits per heavy atom. The molecule has 3 aromatic rings. The SMILES string of the molecule is CN(CCCNC(=O)c1nc2ccccc2c(=O)[nH]1)C(=O)c1ccc(Cl)cc1Cl. The summed E-state index contributed by atoms with van der Waals surface area (Å²) in [6, 6.07) is 11.5. The molecule has 0 fully saturated rings. The number of hydrogen-bond donors (Lipinski definition) is 2. The number of hydrogen-bond acceptors (Lipinski definition) is 4. The van der Waals surface area contributed by atoms with Crippen molar-refractivity contribution in [2.75, 3.05) is 20.1 Å². The van der Waals surface area contributed by atoms with Crippen molar-refractivity contribution in [1.82, 2.24) is 20.2 Å². The monoisotopic (exact) mass is 432 g/mol. The fraction of sp³-hybridized carbons (Fsp3) is 0.200. The van der Waals surface area contributed by atoms with Crippen molar-refractivity contribution in [3.8, 4) is 0 Å². The van der Waals surface area contributed by atoms with E-state index < -0.39 is 5.91 Å². The molecule has 1 heterocycles. The van der Waals surface area contributed by atoms with Gasteiger partial charge in [-0.2, -0.15) is 0 Å². The van der Waals surface area contributed by atoms with Gasteiger partial charge in [-0.05, 0) is 36.8 Å². The molecule has 0 aliphatic rings. The number of aromatic amines is 1. The van der Waals surface area contributed by atoms with Crippen LogP contribution in [0, 0.1) is 0 Å². The van der Waals surface area contributed by atoms with Crippen molar-refractivity contribution >= 4 is 45.9 Å². The molecular weight excluding hydrogens is 415 g/mol. The van der Waals surface area contributed by atoms with Crippen molar-refractivity contribution in [1.29, 1.82) is 0 Å². The maximum absolute atomic E-state index is 12.4. The fourth-order valence-electron chi connectivity index (χ4n) is 2.77. The smallest absolute Gasteiger partial charge is 0.287 e. The van der Waals surface area contributed by atoms with Gasteiger partial charge in [-0.15, -0.1) is 0 Å². The minimum absolute atomic E-state index is 0.0499. The van der Waals surface area contributed by atoms with Gasteiger partial charge >= 0.3 is 0 Å². The minimum atomic E-state index is -0.484. The number of nitrogens with one attached hydrogen (secondary N) is 2. The second-order valence-electron chi connectivity index (χ2n) is 6.39. The second-order valence-corrected chi connectivity index (χ2v) is 7.24. The molecule has 150 valence electrons. The average molecular weight is 433 g/mol. The first-order valence-corrected chi connectivity index (χ1v) is 9.60. The van der Waals surface area contributed by atoms with Crippen LogP contribution < -0.4 is 10.9 Å². The molecule has 2 N–H and O–H groups in total. The van der Waals surface area contributed by atoms with E-state index >= 15 is 0 Å². The quantitative estimate of drug-likeness (QED) is 0.584. The predicted octanol–water partition coefficient (Wildman–Crippen LogP) is 3.12. The number of amides is 2. The number of halogens is 2. The summed E-state index contributed by atoms with van der Waals surface area (Å²) >= 11 is 11.9. The number of aromatic nitrogens is 2. The standard InChI is InChI=1S/C20H18Cl2N4O3/c1-26(20(29)13-8-7-12(21)11-15(13)22)10-4-9-23-19(28)17-24-16-6-3-2-5-14(16)18(27)25-17/h2-3,5-8,11H,4,9-10H2,1H3,(H,23,28)(H,24,25,27). The van der Waals surface area contributed by atoms with Gasteiger partial charge in [-0.1, -0.05) is 35.3 Å². The lowest BCUT2D eigenvalue weighted by atomic mass is 10.2. The zero-order valence-corrected chi connectivity index (χ0v) is 17.0. The van der Waals surface area contributed by atoms with E-state index in [1.807, 2.05) is 0 Å². The summed E-state index contributed by atoms with van der Waals surface area (Å²) in [4.78, 5) is 44.9. The molecule has 7 nitrogen and oxygen atoms in total. The Labute approximate surface area is 176 Å². The average Bonchev–Trinajstić information content (AvgIpc) is 2.70. The maximum atomic E-state index is 12.4. The van der Waals surface area contributed by atoms with Crippen LogP contribution in [0.3, 0.4) is 0 Å². The number of carbonyl (C=O) groups excluding carboxylic acids is 2. The maximum Gasteiger partial charge on any atom is 0.287 e. The topological polar surface area (TPSA) is 95.2 Å². The van der Waals surface area contributed by atoms with Crippen LogP contribution in [0.1, 0.15) is 27.4 Å². The molecule has 29 heavy (non-hydrogen) atoms. The number of carbonyl (C=O) groups is 2. The van der Waals surface area contributed by atoms with Crippen LogP contribution in [0.15, 0.2) is 47.3 Å². The van der Waals surface area contributed by atoms with Gasteiger partial charge in [0.2, 0.25) is 0 Å². The summed E-state index contributed by atoms with van der Waals surface area (Å²) in [5.41, 5.74) is 0.443. The molecule has 3 rings (SSSR count). The van der Waals surface area contributed by atoms with Gasteiger partial charge in [0.1, 0.15) is 0 Å². The van der Waals surface area contributed by atoms with Crippen molar-refractivity contribution in [2.24, 2.45) is 0 Å². The Hall–Kier alpha value is -2.90. The van der Waals surface area contributed by atoms with E-state index in [-0.39, 0.29) is 22.3 Å². The van der Waals surface area contributed by atoms with Crippen LogP contribution in [0.4, 0.5) is 0 Å². The molecule has 2 amide bonds. The van der Waals surface area contributed by atoms with Gasteiger partial charge in [0.05, 0.1) is 21.5 Å². The number of rotatable bonds is 6. The zero-order chi connectivity index (χ0) is 21.0. The highest BCUT2D eigenvalue weighted by molar-refractivity contribution is 6.36. The Morgan fingerprint density at radius 2 is 1.93 bits per heavy atom. The number of fused-ring (bicyclic) bond motifs is 1. The van der Waals surface area contributed by atoms with Gasteiger partial charge in [0, 0.05) is 25.2 Å². The number of H-pyrrole nitrogens is 1. The summed E-state index contributed by atoms with van der Waals surface area (Å²) in [7, 11) is 1.65. The molecule has 0 bridgehead atoms. The van der Waals surface area contributed by atoms with Crippen LogP contribution >= 0.6 is 23.2 Å². The first kappa shape index (κ1) is 20.8. The van der Waals surface area contributed by atoms with E-state index in [0.717, 1.165) is 0 Å². The highest BCUT2D eigenvalue weighted by atomic mass is 35.5. The van der Waals surface area contributed by atoms with Crippen LogP contribution in [0.5, 0.6) is 0 Å². The number of benzene rings is 2. The third kappa shape index (κ3) is 4.93. The van der Waals surface area contributed by atoms with Crippen molar-refractivity contribution in [3.63, 3.8) is 0 Å². The van der Waals surface area contributed by atoms with Gasteiger partial charge in [0.25, 0.3) is 17.4 Å². The molecule has 0 unspecified atom stereocenters. The predicted molar refractivity (Wildman–Crippen MR) is 113 cm³/mol. The van der Waals surface area contributed by atoms with Crippen LogP contribution in [0.25, 0.3) is 10.9 Å². The van der Waals surface area contributed by atoms with E-state index in [1.165, 1.54) is 11.0 Å². The molecule has 0 aliphatic heterocycles. The van der Waals surface area contributed by atoms with Gasteiger partial charge in [-0.3, -0.25) is 14.4 Å². The molecular formula is C20H18Cl2N4O3. The molecule has 0 spiro atoms. The summed E-state index contributed by atoms with van der Waals surface area (Å²) in [6.07, 6.45) is 0.511. The van der Waals surface area contributed by atoms with Crippen molar-refractivity contribution in [3.05, 3.63) is 74.3 Å². The van der Waals surface area contributed by atoms with E-state index in [0.29, 0.717) is 41.0 Å². The Morgan fingerprint density at radius 1 is 1.17 bits per heavy atom. The van der Waals surface area contributed by atoms with Gasteiger partial charge < -0.3 is 15.2 Å². The van der Waals surface area contributed by atoms with Crippen LogP contribution in [0.2, 0.25) is 10.0 Å². The molecule has 0 aliphatic carbocycles. The van der Waals surface area contributed by atoms with Crippen molar-refractivity contribution < 1.29 is 9.59 Å². The van der Waals surface area contributed by atoms with E-state index in [2.05, 4.69) is 15.3 Å². The largest absolute Gasteiger partial charge is 0.349 e. The number of nitrogens with zero attached hydrogens (tertiary/aromatic N) is 2. The summed E-state index contributed by atoms with van der Waals surface area (Å²) in [6.45, 7) is 0.709. The van der Waals surface area contributed by atoms with Crippen LogP contribution in [-0.4, -0.2) is 46.8 Å². The molecule has 0 atom stereocenters. The van der Waals surface area contributed by atoms with Crippen molar-refractivity contribution in [2.45, 2.75) is 6.42 Å². The second kappa shape index (κ2) is 9.07. The third-order valence-electron chi connectivity index (χ3n) is 4.29. The van der Waals surface area contributed by atoms with Crippen LogP contribution in [-0.2, 0) is 0 Å². The Bertz CT molecular complexity index is 1130. The normalized spacial score (nSPS) is 10.7. The fourth-order valence-corrected chi connectivity index (χ4v) is 3.26. The molecule has 1 aromatic heterocycles. The van der Waals surface area contributed by atoms with E-state index in [1.54, 1.807) is 43.4 Å². The van der Waals surface area contributed by atoms with Gasteiger partial charge in [0.15, 0.2) is 5.82 Å². The summed E-state index contributed by atoms with van der Waals surface area (Å²) in [5.74, 6) is -0.771. The lowest BCUT2D eigenvalue weighted by Crippen LogP contribution is -2.33. The molecule has 0 saturated heterocycles. The molecule has 2 aromatic carbocycles. The highest BCUT2D eigenvalue weighted by Gasteiger charge is 2.16. The molecule has 0 radical (unpaired) electrons. The number of para-hydroxylation sites is 1. The zero-order valence-electron chi connectivity index (χ0n) is 15.5. The first-order valence-electron chi connectivity index (χ1n) is 8.84. The van der Waals surface area contributed by atoms with E-state index in [9.17, 15) is 14.4 Å². The minimum Gasteiger partial charge on any atom is -0.349 e. The first-order chi connectivity index (χ1) is 13.9. The van der Waals surface area contributed by atoms with Gasteiger partial charge in [-0.25, -0.2) is 4.98 Å². The lowest BCUT2D eigenvalue weighted by molar-refractivity contribution is 0.0793. The van der Waals surface area contributed by atoms with E-state index in [4.69, 9.17) is 23.2 Å². The third-order valence-corrected chi connectivity index (χ3v) is 4.84.